The Morgan fingerprint density at radius 3 is 2.55 bits per heavy atom. The summed E-state index contributed by atoms with van der Waals surface area (Å²) in [5.41, 5.74) is 8.95. The average Bonchev–Trinajstić information content (AvgIpc) is 3.22. The Labute approximate surface area is 178 Å². The molecule has 0 bridgehead atoms. The molecule has 2 aliphatic rings. The zero-order valence-corrected chi connectivity index (χ0v) is 17.2. The molecule has 8 nitrogen and oxygen atoms in total. The monoisotopic (exact) mass is 415 g/mol. The molecule has 1 aromatic heterocycles. The van der Waals surface area contributed by atoms with Crippen LogP contribution in [-0.2, 0) is 19.8 Å². The largest absolute Gasteiger partial charge is 0.368 e. The molecule has 2 aromatic carbocycles. The molecule has 3 aromatic rings. The van der Waals surface area contributed by atoms with Gasteiger partial charge in [-0.05, 0) is 48.7 Å². The third kappa shape index (κ3) is 2.68. The number of anilines is 2. The van der Waals surface area contributed by atoms with Gasteiger partial charge in [0.05, 0.1) is 11.9 Å². The number of nitrogens with one attached hydrogen (secondary N) is 1. The predicted octanol–water partition coefficient (Wildman–Crippen LogP) is 1.95. The molecule has 0 saturated heterocycles. The highest BCUT2D eigenvalue weighted by molar-refractivity contribution is 6.17. The van der Waals surface area contributed by atoms with Gasteiger partial charge in [-0.3, -0.25) is 14.4 Å². The van der Waals surface area contributed by atoms with E-state index in [0.717, 1.165) is 16.8 Å². The number of fused-ring (bicyclic) bond motifs is 4. The van der Waals surface area contributed by atoms with Gasteiger partial charge in [-0.2, -0.15) is 5.10 Å². The lowest BCUT2D eigenvalue weighted by Crippen LogP contribution is -2.48. The number of rotatable bonds is 3. The lowest BCUT2D eigenvalue weighted by molar-refractivity contribution is -0.127. The fourth-order valence-corrected chi connectivity index (χ4v) is 4.83. The maximum atomic E-state index is 13.7. The van der Waals surface area contributed by atoms with Crippen molar-refractivity contribution in [1.29, 1.82) is 0 Å². The lowest BCUT2D eigenvalue weighted by Gasteiger charge is -2.32. The van der Waals surface area contributed by atoms with Crippen molar-refractivity contribution in [3.8, 4) is 5.69 Å². The average molecular weight is 415 g/mol. The zero-order valence-electron chi connectivity index (χ0n) is 17.2. The van der Waals surface area contributed by atoms with Crippen LogP contribution in [0, 0.1) is 13.8 Å². The second kappa shape index (κ2) is 6.53. The van der Waals surface area contributed by atoms with Gasteiger partial charge >= 0.3 is 0 Å². The summed E-state index contributed by atoms with van der Waals surface area (Å²) >= 11 is 0. The van der Waals surface area contributed by atoms with Crippen LogP contribution in [0.4, 0.5) is 11.5 Å². The molecule has 0 saturated carbocycles. The predicted molar refractivity (Wildman–Crippen MR) is 115 cm³/mol. The van der Waals surface area contributed by atoms with Crippen LogP contribution in [0.3, 0.4) is 0 Å². The summed E-state index contributed by atoms with van der Waals surface area (Å²) in [7, 11) is 0. The number of nitrogens with two attached hydrogens (primary N) is 1. The Hall–Kier alpha value is -3.94. The molecule has 31 heavy (non-hydrogen) atoms. The van der Waals surface area contributed by atoms with Crippen LogP contribution in [-0.4, -0.2) is 34.0 Å². The van der Waals surface area contributed by atoms with Crippen molar-refractivity contribution in [3.63, 3.8) is 0 Å². The Bertz CT molecular complexity index is 1260. The number of carbonyl (C=O) groups excluding carboxylic acids is 3. The van der Waals surface area contributed by atoms with Crippen molar-refractivity contribution in [3.05, 3.63) is 70.9 Å². The molecule has 3 N–H and O–H groups in total. The van der Waals surface area contributed by atoms with E-state index >= 15 is 0 Å². The molecule has 3 amide bonds. The minimum atomic E-state index is -1.25. The van der Waals surface area contributed by atoms with E-state index in [0.29, 0.717) is 22.6 Å². The molecule has 2 aliphatic heterocycles. The topological polar surface area (TPSA) is 110 Å². The second-order valence-electron chi connectivity index (χ2n) is 8.17. The van der Waals surface area contributed by atoms with Crippen LogP contribution < -0.4 is 16.0 Å². The number of aromatic nitrogens is 2. The van der Waals surface area contributed by atoms with E-state index in [1.807, 2.05) is 38.1 Å². The third-order valence-electron chi connectivity index (χ3n) is 5.94. The molecule has 1 unspecified atom stereocenters. The number of hydrogen-bond donors (Lipinski definition) is 2. The zero-order chi connectivity index (χ0) is 21.9. The number of nitrogens with zero attached hydrogens (tertiary/aromatic N) is 3. The highest BCUT2D eigenvalue weighted by atomic mass is 16.2. The van der Waals surface area contributed by atoms with Gasteiger partial charge in [0, 0.05) is 17.7 Å². The number of hydrogen-bond acceptors (Lipinski definition) is 4. The lowest BCUT2D eigenvalue weighted by atomic mass is 9.72. The molecular weight excluding hydrogens is 394 g/mol. The Morgan fingerprint density at radius 2 is 1.84 bits per heavy atom. The molecule has 156 valence electrons. The fourth-order valence-electron chi connectivity index (χ4n) is 4.83. The Balaban J connectivity index is 1.75. The number of aryl methyl sites for hydroxylation is 2. The van der Waals surface area contributed by atoms with Crippen LogP contribution in [0.2, 0.25) is 0 Å². The van der Waals surface area contributed by atoms with Crippen molar-refractivity contribution in [2.45, 2.75) is 25.7 Å². The van der Waals surface area contributed by atoms with Crippen molar-refractivity contribution in [1.82, 2.24) is 9.78 Å². The number of benzene rings is 2. The first kappa shape index (κ1) is 19.0. The summed E-state index contributed by atoms with van der Waals surface area (Å²) in [4.78, 5) is 39.7. The molecule has 8 heteroatoms. The van der Waals surface area contributed by atoms with Gasteiger partial charge in [-0.1, -0.05) is 24.3 Å². The molecule has 0 fully saturated rings. The van der Waals surface area contributed by atoms with Crippen molar-refractivity contribution in [2.24, 2.45) is 5.73 Å². The van der Waals surface area contributed by atoms with Gasteiger partial charge in [-0.25, -0.2) is 4.68 Å². The van der Waals surface area contributed by atoms with Gasteiger partial charge in [0.2, 0.25) is 17.7 Å². The van der Waals surface area contributed by atoms with Crippen LogP contribution in [0.25, 0.3) is 5.69 Å². The number of para-hydroxylation sites is 1. The van der Waals surface area contributed by atoms with E-state index in [2.05, 4.69) is 16.5 Å². The summed E-state index contributed by atoms with van der Waals surface area (Å²) in [5.74, 6) is -0.789. The maximum absolute atomic E-state index is 13.7. The van der Waals surface area contributed by atoms with Crippen LogP contribution in [0.1, 0.15) is 28.7 Å². The first-order chi connectivity index (χ1) is 14.8. The quantitative estimate of drug-likeness (QED) is 0.681. The standard InChI is InChI=1S/C23H21N5O3/c1-13-7-14(2)9-15(8-13)28-21-17(11-25-28)23(10-20(30)26-21)16-5-3-4-6-18(16)27(22(23)31)12-19(24)29/h3-9,11H,10,12H2,1-2H3,(H2,24,29)(H,26,30). The molecule has 1 atom stereocenters. The van der Waals surface area contributed by atoms with Gasteiger partial charge in [0.15, 0.2) is 0 Å². The highest BCUT2D eigenvalue weighted by Crippen LogP contribution is 2.52. The minimum absolute atomic E-state index is 0.0658. The number of carbonyl (C=O) groups is 3. The molecule has 0 radical (unpaired) electrons. The van der Waals surface area contributed by atoms with Crippen LogP contribution in [0.5, 0.6) is 0 Å². The highest BCUT2D eigenvalue weighted by Gasteiger charge is 2.57. The van der Waals surface area contributed by atoms with E-state index in [4.69, 9.17) is 5.73 Å². The van der Waals surface area contributed by atoms with E-state index in [1.165, 1.54) is 4.90 Å². The first-order valence-electron chi connectivity index (χ1n) is 9.98. The molecule has 0 aliphatic carbocycles. The van der Waals surface area contributed by atoms with Crippen molar-refractivity contribution < 1.29 is 14.4 Å². The minimum Gasteiger partial charge on any atom is -0.368 e. The summed E-state index contributed by atoms with van der Waals surface area (Å²) in [6.45, 7) is 3.73. The van der Waals surface area contributed by atoms with Crippen LogP contribution >= 0.6 is 0 Å². The Morgan fingerprint density at radius 1 is 1.13 bits per heavy atom. The maximum Gasteiger partial charge on any atom is 0.243 e. The number of primary amides is 1. The molecule has 5 rings (SSSR count). The van der Waals surface area contributed by atoms with Gasteiger partial charge in [-0.15, -0.1) is 0 Å². The normalized spacial score (nSPS) is 19.4. The smallest absolute Gasteiger partial charge is 0.243 e. The van der Waals surface area contributed by atoms with E-state index in [1.54, 1.807) is 23.0 Å². The van der Waals surface area contributed by atoms with Gasteiger partial charge < -0.3 is 16.0 Å². The number of amides is 3. The van der Waals surface area contributed by atoms with E-state index in [-0.39, 0.29) is 24.8 Å². The van der Waals surface area contributed by atoms with Crippen LogP contribution in [0.15, 0.2) is 48.7 Å². The van der Waals surface area contributed by atoms with E-state index < -0.39 is 11.3 Å². The van der Waals surface area contributed by atoms with E-state index in [9.17, 15) is 14.4 Å². The summed E-state index contributed by atoms with van der Waals surface area (Å²) in [6, 6.07) is 13.2. The van der Waals surface area contributed by atoms with Gasteiger partial charge in [0.25, 0.3) is 0 Å². The molecule has 1 spiro atoms. The SMILES string of the molecule is Cc1cc(C)cc(-n2ncc3c2NC(=O)CC32C(=O)N(CC(N)=O)c3ccccc32)c1. The second-order valence-corrected chi connectivity index (χ2v) is 8.17. The first-order valence-corrected chi connectivity index (χ1v) is 9.98. The van der Waals surface area contributed by atoms with Crippen molar-refractivity contribution in [2.75, 3.05) is 16.8 Å². The fraction of sp³-hybridized carbons (Fsp3) is 0.217. The third-order valence-corrected chi connectivity index (χ3v) is 5.94. The van der Waals surface area contributed by atoms with Crippen molar-refractivity contribution >= 4 is 29.2 Å². The summed E-state index contributed by atoms with van der Waals surface area (Å²) < 4.78 is 1.65. The summed E-state index contributed by atoms with van der Waals surface area (Å²) in [5, 5.41) is 7.44. The molecular formula is C23H21N5O3. The Kier molecular flexibility index (Phi) is 4.01. The molecule has 3 heterocycles. The van der Waals surface area contributed by atoms with Gasteiger partial charge in [0.1, 0.15) is 17.8 Å². The summed E-state index contributed by atoms with van der Waals surface area (Å²) in [6.07, 6.45) is 1.57.